The third-order valence-corrected chi connectivity index (χ3v) is 8.03. The van der Waals surface area contributed by atoms with Crippen LogP contribution in [0, 0.1) is 0 Å². The van der Waals surface area contributed by atoms with Crippen LogP contribution in [0.25, 0.3) is 0 Å². The maximum Gasteiger partial charge on any atom is 0.305 e. The summed E-state index contributed by atoms with van der Waals surface area (Å²) in [5.74, 6) is -0.228. The topological polar surface area (TPSA) is 52.6 Å². The van der Waals surface area contributed by atoms with Gasteiger partial charge in [0.15, 0.2) is 0 Å². The molecule has 0 rings (SSSR count). The Labute approximate surface area is 250 Å². The lowest BCUT2D eigenvalue weighted by molar-refractivity contribution is -0.146. The zero-order chi connectivity index (χ0) is 29.2. The molecule has 0 N–H and O–H groups in total. The molecule has 0 amide bonds. The van der Waals surface area contributed by atoms with Crippen molar-refractivity contribution in [2.45, 2.75) is 206 Å². The van der Waals surface area contributed by atoms with Crippen molar-refractivity contribution in [2.24, 2.45) is 0 Å². The van der Waals surface area contributed by atoms with Gasteiger partial charge in [-0.2, -0.15) is 0 Å². The van der Waals surface area contributed by atoms with Crippen LogP contribution in [0.1, 0.15) is 206 Å². The van der Waals surface area contributed by atoms with E-state index in [4.69, 9.17) is 9.47 Å². The normalized spacial score (nSPS) is 11.2. The van der Waals surface area contributed by atoms with E-state index in [0.717, 1.165) is 25.7 Å². The summed E-state index contributed by atoms with van der Waals surface area (Å²) >= 11 is 0. The Bertz CT molecular complexity index is 519. The molecular formula is C36H70O4. The molecule has 0 unspecified atom stereocenters. The van der Waals surface area contributed by atoms with Crippen LogP contribution in [0.4, 0.5) is 0 Å². The molecule has 0 aliphatic rings. The highest BCUT2D eigenvalue weighted by molar-refractivity contribution is 5.69. The zero-order valence-electron chi connectivity index (χ0n) is 27.3. The predicted octanol–water partition coefficient (Wildman–Crippen LogP) is 11.8. The summed E-state index contributed by atoms with van der Waals surface area (Å²) in [6, 6.07) is 0. The molecule has 0 heterocycles. The minimum absolute atomic E-state index is 0.114. The van der Waals surface area contributed by atoms with Crippen LogP contribution in [-0.4, -0.2) is 25.2 Å². The van der Waals surface area contributed by atoms with Crippen molar-refractivity contribution < 1.29 is 19.1 Å². The van der Waals surface area contributed by atoms with E-state index in [1.165, 1.54) is 148 Å². The van der Waals surface area contributed by atoms with E-state index < -0.39 is 0 Å². The summed E-state index contributed by atoms with van der Waals surface area (Å²) in [5.41, 5.74) is 0. The van der Waals surface area contributed by atoms with E-state index in [1.54, 1.807) is 0 Å². The van der Waals surface area contributed by atoms with Crippen molar-refractivity contribution in [3.05, 3.63) is 0 Å². The average molecular weight is 567 g/mol. The third kappa shape index (κ3) is 33.1. The first kappa shape index (κ1) is 38.9. The van der Waals surface area contributed by atoms with Crippen molar-refractivity contribution >= 4 is 11.9 Å². The van der Waals surface area contributed by atoms with Gasteiger partial charge >= 0.3 is 11.9 Å². The Morgan fingerprint density at radius 2 is 0.550 bits per heavy atom. The molecule has 0 aliphatic carbocycles. The molecule has 0 bridgehead atoms. The van der Waals surface area contributed by atoms with Gasteiger partial charge in [0.25, 0.3) is 0 Å². The van der Waals surface area contributed by atoms with Crippen LogP contribution in [0.5, 0.6) is 0 Å². The van der Waals surface area contributed by atoms with Crippen molar-refractivity contribution in [2.75, 3.05) is 13.2 Å². The van der Waals surface area contributed by atoms with Gasteiger partial charge in [-0.3, -0.25) is 9.59 Å². The summed E-state index contributed by atoms with van der Waals surface area (Å²) in [6.07, 6.45) is 37.0. The van der Waals surface area contributed by atoms with E-state index >= 15 is 0 Å². The van der Waals surface area contributed by atoms with E-state index in [-0.39, 0.29) is 11.9 Å². The monoisotopic (exact) mass is 567 g/mol. The molecule has 238 valence electrons. The molecule has 0 aromatic carbocycles. The van der Waals surface area contributed by atoms with Gasteiger partial charge in [0.2, 0.25) is 0 Å². The minimum atomic E-state index is -0.114. The van der Waals surface area contributed by atoms with Crippen LogP contribution in [0.3, 0.4) is 0 Å². The Balaban J connectivity index is 3.26. The molecule has 0 aromatic heterocycles. The standard InChI is InChI=1S/C36H70O4/c1-3-5-7-9-11-13-15-17-19-21-23-25-27-29-32-36(38)40-34-30-33-39-35(37)31-28-26-24-22-20-18-16-14-12-10-8-6-4-2/h3-34H2,1-2H3. The van der Waals surface area contributed by atoms with E-state index in [1.807, 2.05) is 0 Å². The van der Waals surface area contributed by atoms with Gasteiger partial charge in [-0.05, 0) is 12.8 Å². The number of rotatable bonds is 33. The van der Waals surface area contributed by atoms with Gasteiger partial charge in [0.05, 0.1) is 13.2 Å². The summed E-state index contributed by atoms with van der Waals surface area (Å²) in [5, 5.41) is 0. The number of unbranched alkanes of at least 4 members (excludes halogenated alkanes) is 25. The third-order valence-electron chi connectivity index (χ3n) is 8.03. The second-order valence-corrected chi connectivity index (χ2v) is 12.1. The van der Waals surface area contributed by atoms with Crippen LogP contribution in [0.2, 0.25) is 0 Å². The molecule has 0 radical (unpaired) electrons. The maximum absolute atomic E-state index is 11.9. The maximum atomic E-state index is 11.9. The number of carbonyl (C=O) groups excluding carboxylic acids is 2. The molecular weight excluding hydrogens is 496 g/mol. The Morgan fingerprint density at radius 3 is 0.800 bits per heavy atom. The molecule has 0 saturated heterocycles. The van der Waals surface area contributed by atoms with Gasteiger partial charge in [0, 0.05) is 19.3 Å². The lowest BCUT2D eigenvalue weighted by Gasteiger charge is -2.07. The molecule has 40 heavy (non-hydrogen) atoms. The lowest BCUT2D eigenvalue weighted by Crippen LogP contribution is -2.10. The van der Waals surface area contributed by atoms with Gasteiger partial charge in [0.1, 0.15) is 0 Å². The quantitative estimate of drug-likeness (QED) is 0.0585. The van der Waals surface area contributed by atoms with Crippen molar-refractivity contribution in [3.63, 3.8) is 0 Å². The lowest BCUT2D eigenvalue weighted by atomic mass is 10.0. The van der Waals surface area contributed by atoms with Crippen LogP contribution < -0.4 is 0 Å². The van der Waals surface area contributed by atoms with Crippen LogP contribution in [0.15, 0.2) is 0 Å². The fourth-order valence-electron chi connectivity index (χ4n) is 5.33. The average Bonchev–Trinajstić information content (AvgIpc) is 2.95. The van der Waals surface area contributed by atoms with Gasteiger partial charge in [-0.1, -0.05) is 174 Å². The number of ether oxygens (including phenoxy) is 2. The van der Waals surface area contributed by atoms with Crippen molar-refractivity contribution in [3.8, 4) is 0 Å². The largest absolute Gasteiger partial charge is 0.466 e. The van der Waals surface area contributed by atoms with Crippen LogP contribution in [-0.2, 0) is 19.1 Å². The summed E-state index contributed by atoms with van der Waals surface area (Å²) in [7, 11) is 0. The molecule has 4 nitrogen and oxygen atoms in total. The van der Waals surface area contributed by atoms with Gasteiger partial charge < -0.3 is 9.47 Å². The van der Waals surface area contributed by atoms with E-state index in [0.29, 0.717) is 32.5 Å². The Kier molecular flexibility index (Phi) is 33.2. The second kappa shape index (κ2) is 34.1. The molecule has 0 atom stereocenters. The summed E-state index contributed by atoms with van der Waals surface area (Å²) < 4.78 is 10.6. The number of hydrogen-bond acceptors (Lipinski definition) is 4. The Morgan fingerprint density at radius 1 is 0.325 bits per heavy atom. The number of hydrogen-bond donors (Lipinski definition) is 0. The predicted molar refractivity (Wildman–Crippen MR) is 172 cm³/mol. The first-order chi connectivity index (χ1) is 19.7. The highest BCUT2D eigenvalue weighted by Gasteiger charge is 2.05. The molecule has 0 fully saturated rings. The first-order valence-corrected chi connectivity index (χ1v) is 18.0. The fraction of sp³-hybridized carbons (Fsp3) is 0.944. The molecule has 4 heteroatoms. The van der Waals surface area contributed by atoms with E-state index in [2.05, 4.69) is 13.8 Å². The zero-order valence-corrected chi connectivity index (χ0v) is 27.3. The number of esters is 2. The van der Waals surface area contributed by atoms with Gasteiger partial charge in [-0.15, -0.1) is 0 Å². The van der Waals surface area contributed by atoms with Crippen molar-refractivity contribution in [1.82, 2.24) is 0 Å². The van der Waals surface area contributed by atoms with E-state index in [9.17, 15) is 9.59 Å². The summed E-state index contributed by atoms with van der Waals surface area (Å²) in [4.78, 5) is 23.7. The summed E-state index contributed by atoms with van der Waals surface area (Å²) in [6.45, 7) is 5.25. The molecule has 0 spiro atoms. The Hall–Kier alpha value is -1.06. The SMILES string of the molecule is CCCCCCCCCCCCCCCCC(=O)OCCCOC(=O)CCCCCCCCCCCCCCC. The van der Waals surface area contributed by atoms with Gasteiger partial charge in [-0.25, -0.2) is 0 Å². The molecule has 0 saturated carbocycles. The highest BCUT2D eigenvalue weighted by atomic mass is 16.5. The smallest absolute Gasteiger partial charge is 0.305 e. The second-order valence-electron chi connectivity index (χ2n) is 12.1. The molecule has 0 aliphatic heterocycles. The first-order valence-electron chi connectivity index (χ1n) is 18.0. The number of carbonyl (C=O) groups is 2. The van der Waals surface area contributed by atoms with Crippen LogP contribution >= 0.6 is 0 Å². The fourth-order valence-corrected chi connectivity index (χ4v) is 5.33. The minimum Gasteiger partial charge on any atom is -0.466 e. The highest BCUT2D eigenvalue weighted by Crippen LogP contribution is 2.15. The van der Waals surface area contributed by atoms with Crippen molar-refractivity contribution in [1.29, 1.82) is 0 Å². The molecule has 0 aromatic rings.